The van der Waals surface area contributed by atoms with Gasteiger partial charge < -0.3 is 11.1 Å². The van der Waals surface area contributed by atoms with Crippen molar-refractivity contribution in [2.45, 2.75) is 36.1 Å². The van der Waals surface area contributed by atoms with E-state index in [1.165, 1.54) is 11.8 Å². The van der Waals surface area contributed by atoms with Crippen LogP contribution in [0.15, 0.2) is 23.1 Å². The summed E-state index contributed by atoms with van der Waals surface area (Å²) in [5.41, 5.74) is 5.73. The Bertz CT molecular complexity index is 550. The highest BCUT2D eigenvalue weighted by molar-refractivity contribution is 8.00. The molecule has 1 saturated carbocycles. The van der Waals surface area contributed by atoms with Crippen LogP contribution in [0.5, 0.6) is 0 Å². The SMILES string of the molecule is N#CC1(NC(=O)CSc2ccc(Cl)cc2N)CCCC1. The number of rotatable bonds is 4. The Balaban J connectivity index is 1.91. The third-order valence-corrected chi connectivity index (χ3v) is 4.70. The van der Waals surface area contributed by atoms with Gasteiger partial charge in [0, 0.05) is 15.6 Å². The highest BCUT2D eigenvalue weighted by Crippen LogP contribution is 2.30. The molecule has 106 valence electrons. The topological polar surface area (TPSA) is 78.9 Å². The number of nitrogens with zero attached hydrogens (tertiary/aromatic N) is 1. The Hall–Kier alpha value is -1.38. The molecule has 1 amide bonds. The molecule has 0 spiro atoms. The minimum absolute atomic E-state index is 0.132. The van der Waals surface area contributed by atoms with Crippen molar-refractivity contribution in [3.63, 3.8) is 0 Å². The number of hydrogen-bond acceptors (Lipinski definition) is 4. The zero-order chi connectivity index (χ0) is 14.6. The zero-order valence-electron chi connectivity index (χ0n) is 11.0. The molecule has 4 nitrogen and oxygen atoms in total. The Morgan fingerprint density at radius 1 is 1.50 bits per heavy atom. The molecular weight excluding hydrogens is 294 g/mol. The predicted molar refractivity (Wildman–Crippen MR) is 81.5 cm³/mol. The van der Waals surface area contributed by atoms with Crippen LogP contribution in [0.3, 0.4) is 0 Å². The van der Waals surface area contributed by atoms with Gasteiger partial charge in [-0.25, -0.2) is 0 Å². The summed E-state index contributed by atoms with van der Waals surface area (Å²) in [5, 5.41) is 12.6. The second-order valence-electron chi connectivity index (χ2n) is 4.92. The van der Waals surface area contributed by atoms with Crippen molar-refractivity contribution in [1.82, 2.24) is 5.32 Å². The fourth-order valence-corrected chi connectivity index (χ4v) is 3.27. The summed E-state index contributed by atoms with van der Waals surface area (Å²) < 4.78 is 0. The van der Waals surface area contributed by atoms with Crippen LogP contribution in [0, 0.1) is 11.3 Å². The maximum atomic E-state index is 12.0. The van der Waals surface area contributed by atoms with E-state index in [0.717, 1.165) is 30.6 Å². The van der Waals surface area contributed by atoms with Crippen LogP contribution in [0.2, 0.25) is 5.02 Å². The van der Waals surface area contributed by atoms with Crippen molar-refractivity contribution in [1.29, 1.82) is 5.26 Å². The van der Waals surface area contributed by atoms with Crippen LogP contribution in [0.1, 0.15) is 25.7 Å². The predicted octanol–water partition coefficient (Wildman–Crippen LogP) is 2.97. The molecular formula is C14H16ClN3OS. The first-order valence-corrected chi connectivity index (χ1v) is 7.81. The van der Waals surface area contributed by atoms with E-state index < -0.39 is 5.54 Å². The first kappa shape index (κ1) is 15.0. The number of hydrogen-bond donors (Lipinski definition) is 2. The van der Waals surface area contributed by atoms with Crippen molar-refractivity contribution in [2.24, 2.45) is 0 Å². The van der Waals surface area contributed by atoms with E-state index >= 15 is 0 Å². The average Bonchev–Trinajstić information content (AvgIpc) is 2.87. The monoisotopic (exact) mass is 309 g/mol. The van der Waals surface area contributed by atoms with Gasteiger partial charge in [0.1, 0.15) is 5.54 Å². The van der Waals surface area contributed by atoms with Gasteiger partial charge in [0.25, 0.3) is 0 Å². The molecule has 1 fully saturated rings. The molecule has 2 rings (SSSR count). The summed E-state index contributed by atoms with van der Waals surface area (Å²) >= 11 is 7.18. The van der Waals surface area contributed by atoms with E-state index in [4.69, 9.17) is 17.3 Å². The molecule has 0 unspecified atom stereocenters. The number of nitrogens with two attached hydrogens (primary N) is 1. The summed E-state index contributed by atoms with van der Waals surface area (Å²) in [4.78, 5) is 12.8. The van der Waals surface area contributed by atoms with Crippen LogP contribution in [0.25, 0.3) is 0 Å². The van der Waals surface area contributed by atoms with E-state index in [0.29, 0.717) is 10.7 Å². The Morgan fingerprint density at radius 3 is 2.80 bits per heavy atom. The normalized spacial score (nSPS) is 16.6. The molecule has 1 aliphatic carbocycles. The number of nitrogen functional groups attached to an aromatic ring is 1. The molecule has 0 aromatic heterocycles. The lowest BCUT2D eigenvalue weighted by Gasteiger charge is -2.21. The number of anilines is 1. The van der Waals surface area contributed by atoms with Crippen molar-refractivity contribution in [3.05, 3.63) is 23.2 Å². The van der Waals surface area contributed by atoms with E-state index in [9.17, 15) is 10.1 Å². The molecule has 0 bridgehead atoms. The van der Waals surface area contributed by atoms with Gasteiger partial charge in [0.2, 0.25) is 5.91 Å². The fraction of sp³-hybridized carbons (Fsp3) is 0.429. The molecule has 1 aromatic carbocycles. The van der Waals surface area contributed by atoms with Gasteiger partial charge in [-0.05, 0) is 43.9 Å². The maximum absolute atomic E-state index is 12.0. The molecule has 0 saturated heterocycles. The van der Waals surface area contributed by atoms with Crippen LogP contribution in [-0.2, 0) is 4.79 Å². The number of nitriles is 1. The first-order chi connectivity index (χ1) is 9.54. The summed E-state index contributed by atoms with van der Waals surface area (Å²) in [6.07, 6.45) is 3.46. The molecule has 20 heavy (non-hydrogen) atoms. The molecule has 0 atom stereocenters. The molecule has 0 aliphatic heterocycles. The first-order valence-electron chi connectivity index (χ1n) is 6.45. The number of amides is 1. The lowest BCUT2D eigenvalue weighted by atomic mass is 10.0. The Labute approximate surface area is 127 Å². The molecule has 1 aliphatic rings. The van der Waals surface area contributed by atoms with E-state index in [1.807, 2.05) is 0 Å². The number of thioether (sulfide) groups is 1. The van der Waals surface area contributed by atoms with E-state index in [-0.39, 0.29) is 11.7 Å². The van der Waals surface area contributed by atoms with E-state index in [2.05, 4.69) is 11.4 Å². The maximum Gasteiger partial charge on any atom is 0.231 e. The second-order valence-corrected chi connectivity index (χ2v) is 6.37. The smallest absolute Gasteiger partial charge is 0.231 e. The molecule has 0 heterocycles. The highest BCUT2D eigenvalue weighted by atomic mass is 35.5. The number of nitrogens with one attached hydrogen (secondary N) is 1. The Morgan fingerprint density at radius 2 is 2.20 bits per heavy atom. The average molecular weight is 310 g/mol. The third-order valence-electron chi connectivity index (χ3n) is 3.38. The number of halogens is 1. The van der Waals surface area contributed by atoms with Crippen LogP contribution in [-0.4, -0.2) is 17.2 Å². The number of benzene rings is 1. The minimum atomic E-state index is -0.664. The van der Waals surface area contributed by atoms with Gasteiger partial charge in [-0.2, -0.15) is 5.26 Å². The summed E-state index contributed by atoms with van der Waals surface area (Å²) in [7, 11) is 0. The third kappa shape index (κ3) is 3.59. The van der Waals surface area contributed by atoms with Crippen LogP contribution < -0.4 is 11.1 Å². The molecule has 6 heteroatoms. The second kappa shape index (κ2) is 6.38. The van der Waals surface area contributed by atoms with E-state index in [1.54, 1.807) is 18.2 Å². The van der Waals surface area contributed by atoms with Crippen molar-refractivity contribution in [2.75, 3.05) is 11.5 Å². The van der Waals surface area contributed by atoms with Gasteiger partial charge in [0.05, 0.1) is 11.8 Å². The van der Waals surface area contributed by atoms with Crippen molar-refractivity contribution >= 4 is 35.0 Å². The summed E-state index contributed by atoms with van der Waals surface area (Å²) in [5.74, 6) is 0.114. The largest absolute Gasteiger partial charge is 0.398 e. The van der Waals surface area contributed by atoms with Crippen molar-refractivity contribution in [3.8, 4) is 6.07 Å². The van der Waals surface area contributed by atoms with Gasteiger partial charge in [-0.1, -0.05) is 11.6 Å². The molecule has 0 radical (unpaired) electrons. The number of carbonyl (C=O) groups excluding carboxylic acids is 1. The van der Waals surface area contributed by atoms with Crippen molar-refractivity contribution < 1.29 is 4.79 Å². The summed E-state index contributed by atoms with van der Waals surface area (Å²) in [6.45, 7) is 0. The fourth-order valence-electron chi connectivity index (χ4n) is 2.34. The minimum Gasteiger partial charge on any atom is -0.398 e. The zero-order valence-corrected chi connectivity index (χ0v) is 12.6. The molecule has 3 N–H and O–H groups in total. The lowest BCUT2D eigenvalue weighted by Crippen LogP contribution is -2.45. The van der Waals surface area contributed by atoms with Crippen LogP contribution in [0.4, 0.5) is 5.69 Å². The highest BCUT2D eigenvalue weighted by Gasteiger charge is 2.35. The van der Waals surface area contributed by atoms with Gasteiger partial charge in [-0.15, -0.1) is 11.8 Å². The van der Waals surface area contributed by atoms with Gasteiger partial charge >= 0.3 is 0 Å². The van der Waals surface area contributed by atoms with Gasteiger partial charge in [-0.3, -0.25) is 4.79 Å². The van der Waals surface area contributed by atoms with Gasteiger partial charge in [0.15, 0.2) is 0 Å². The quantitative estimate of drug-likeness (QED) is 0.662. The lowest BCUT2D eigenvalue weighted by molar-refractivity contribution is -0.119. The molecule has 1 aromatic rings. The van der Waals surface area contributed by atoms with Crippen LogP contribution >= 0.6 is 23.4 Å². The summed E-state index contributed by atoms with van der Waals surface area (Å²) in [6, 6.07) is 7.44. The standard InChI is InChI=1S/C14H16ClN3OS/c15-10-3-4-12(11(17)7-10)20-8-13(19)18-14(9-16)5-1-2-6-14/h3-4,7H,1-2,5-6,8,17H2,(H,18,19). The number of carbonyl (C=O) groups is 1. The Kier molecular flexibility index (Phi) is 4.79.